The van der Waals surface area contributed by atoms with E-state index in [2.05, 4.69) is 49.7 Å². The number of nitrogens with one attached hydrogen (secondary N) is 3. The average molecular weight is 663 g/mol. The maximum absolute atomic E-state index is 12.7. The number of methoxy groups -OCH3 is 1. The molecular formula is C27H27IN4O6S. The van der Waals surface area contributed by atoms with E-state index in [1.807, 2.05) is 6.07 Å². The lowest BCUT2D eigenvalue weighted by molar-refractivity contribution is -0.139. The minimum absolute atomic E-state index is 0.0423. The summed E-state index contributed by atoms with van der Waals surface area (Å²) < 4.78 is 22.9. The Morgan fingerprint density at radius 3 is 2.74 bits per heavy atom. The van der Waals surface area contributed by atoms with Crippen LogP contribution in [0.3, 0.4) is 0 Å². The predicted molar refractivity (Wildman–Crippen MR) is 159 cm³/mol. The van der Waals surface area contributed by atoms with Crippen molar-refractivity contribution in [2.45, 2.75) is 19.9 Å². The molecule has 3 N–H and O–H groups in total. The van der Waals surface area contributed by atoms with Crippen molar-refractivity contribution in [3.8, 4) is 29.6 Å². The number of benzene rings is 2. The molecule has 1 aliphatic heterocycles. The number of hydrazone groups is 1. The largest absolute Gasteiger partial charge is 0.493 e. The number of halogens is 1. The second-order valence-corrected chi connectivity index (χ2v) is 9.58. The van der Waals surface area contributed by atoms with Gasteiger partial charge in [0.05, 0.1) is 31.5 Å². The summed E-state index contributed by atoms with van der Waals surface area (Å²) in [4.78, 5) is 25.2. The molecule has 39 heavy (non-hydrogen) atoms. The number of thiocarbonyl (C=S) groups is 1. The van der Waals surface area contributed by atoms with Gasteiger partial charge in [-0.3, -0.25) is 4.79 Å². The van der Waals surface area contributed by atoms with Gasteiger partial charge in [-0.1, -0.05) is 24.1 Å². The normalized spacial score (nSPS) is 14.6. The number of esters is 1. The molecule has 0 unspecified atom stereocenters. The minimum atomic E-state index is -0.632. The number of hydrogen-bond donors (Lipinski definition) is 3. The van der Waals surface area contributed by atoms with Gasteiger partial charge >= 0.3 is 5.97 Å². The van der Waals surface area contributed by atoms with Crippen LogP contribution in [0.15, 0.2) is 52.8 Å². The number of carbonyl (C=O) groups is 2. The molecule has 0 radical (unpaired) electrons. The van der Waals surface area contributed by atoms with E-state index in [4.69, 9.17) is 37.6 Å². The zero-order chi connectivity index (χ0) is 28.4. The van der Waals surface area contributed by atoms with Gasteiger partial charge in [0, 0.05) is 20.4 Å². The van der Waals surface area contributed by atoms with Crippen molar-refractivity contribution in [2.75, 3.05) is 26.9 Å². The van der Waals surface area contributed by atoms with Crippen LogP contribution in [0, 0.1) is 15.9 Å². The monoisotopic (exact) mass is 662 g/mol. The molecule has 0 spiro atoms. The Balaban J connectivity index is 1.74. The summed E-state index contributed by atoms with van der Waals surface area (Å²) in [6.07, 6.45) is 6.75. The van der Waals surface area contributed by atoms with Crippen LogP contribution in [-0.4, -0.2) is 50.1 Å². The highest BCUT2D eigenvalue weighted by molar-refractivity contribution is 14.1. The first-order valence-corrected chi connectivity index (χ1v) is 13.2. The number of rotatable bonds is 11. The molecule has 2 aromatic rings. The van der Waals surface area contributed by atoms with Crippen molar-refractivity contribution in [3.05, 3.63) is 62.4 Å². The first-order chi connectivity index (χ1) is 18.8. The molecule has 0 fully saturated rings. The minimum Gasteiger partial charge on any atom is -0.493 e. The lowest BCUT2D eigenvalue weighted by atomic mass is 9.95. The average Bonchev–Trinajstić information content (AvgIpc) is 2.90. The van der Waals surface area contributed by atoms with Crippen molar-refractivity contribution >= 4 is 58.0 Å². The molecule has 12 heteroatoms. The van der Waals surface area contributed by atoms with Crippen LogP contribution in [0.5, 0.6) is 17.2 Å². The fraction of sp³-hybridized carbons (Fsp3) is 0.259. The van der Waals surface area contributed by atoms with Crippen molar-refractivity contribution in [1.82, 2.24) is 16.1 Å². The molecule has 0 aromatic heterocycles. The van der Waals surface area contributed by atoms with Gasteiger partial charge < -0.3 is 29.6 Å². The summed E-state index contributed by atoms with van der Waals surface area (Å²) in [6.45, 7) is 3.40. The third-order valence-electron chi connectivity index (χ3n) is 5.31. The molecule has 10 nitrogen and oxygen atoms in total. The molecule has 1 aliphatic rings. The Morgan fingerprint density at radius 1 is 1.26 bits per heavy atom. The smallest absolute Gasteiger partial charge is 0.338 e. The first kappa shape index (κ1) is 29.7. The third kappa shape index (κ3) is 7.84. The molecule has 1 heterocycles. The highest BCUT2D eigenvalue weighted by Gasteiger charge is 2.32. The Bertz CT molecular complexity index is 1350. The van der Waals surface area contributed by atoms with E-state index < -0.39 is 17.9 Å². The topological polar surface area (TPSA) is 120 Å². The molecule has 1 amide bonds. The quantitative estimate of drug-likeness (QED) is 0.0833. The van der Waals surface area contributed by atoms with Gasteiger partial charge in [-0.15, -0.1) is 6.42 Å². The van der Waals surface area contributed by atoms with E-state index in [9.17, 15) is 9.59 Å². The zero-order valence-corrected chi connectivity index (χ0v) is 24.5. The molecule has 0 saturated carbocycles. The lowest BCUT2D eigenvalue weighted by Crippen LogP contribution is -2.45. The first-order valence-electron chi connectivity index (χ1n) is 11.7. The zero-order valence-electron chi connectivity index (χ0n) is 21.5. The number of hydrogen-bond acceptors (Lipinski definition) is 8. The molecule has 0 saturated heterocycles. The van der Waals surface area contributed by atoms with Crippen LogP contribution in [0.1, 0.15) is 31.0 Å². The van der Waals surface area contributed by atoms with Crippen LogP contribution in [-0.2, 0) is 14.3 Å². The molecule has 3 rings (SSSR count). The highest BCUT2D eigenvalue weighted by atomic mass is 127. The Morgan fingerprint density at radius 2 is 2.03 bits per heavy atom. The Labute approximate surface area is 245 Å². The fourth-order valence-electron chi connectivity index (χ4n) is 3.71. The molecule has 0 bridgehead atoms. The number of amides is 1. The molecule has 2 aromatic carbocycles. The van der Waals surface area contributed by atoms with Gasteiger partial charge in [-0.25, -0.2) is 10.2 Å². The van der Waals surface area contributed by atoms with E-state index in [-0.39, 0.29) is 19.8 Å². The number of terminal acetylenes is 1. The van der Waals surface area contributed by atoms with Crippen LogP contribution in [0.4, 0.5) is 0 Å². The number of para-hydroxylation sites is 1. The van der Waals surface area contributed by atoms with Crippen LogP contribution in [0.2, 0.25) is 0 Å². The van der Waals surface area contributed by atoms with E-state index >= 15 is 0 Å². The summed E-state index contributed by atoms with van der Waals surface area (Å²) in [5, 5.41) is 10.4. The van der Waals surface area contributed by atoms with Crippen molar-refractivity contribution < 1.29 is 28.5 Å². The Hall–Kier alpha value is -3.83. The molecule has 0 aliphatic carbocycles. The van der Waals surface area contributed by atoms with Gasteiger partial charge in [0.2, 0.25) is 0 Å². The van der Waals surface area contributed by atoms with Gasteiger partial charge in [0.25, 0.3) is 5.91 Å². The number of ether oxygens (including phenoxy) is 4. The molecule has 204 valence electrons. The van der Waals surface area contributed by atoms with Gasteiger partial charge in [-0.2, -0.15) is 5.10 Å². The summed E-state index contributed by atoms with van der Waals surface area (Å²) in [5.74, 6) is 2.71. The highest BCUT2D eigenvalue weighted by Crippen LogP contribution is 2.34. The summed E-state index contributed by atoms with van der Waals surface area (Å²) in [7, 11) is 1.52. The van der Waals surface area contributed by atoms with Crippen molar-refractivity contribution in [2.24, 2.45) is 5.10 Å². The van der Waals surface area contributed by atoms with Crippen molar-refractivity contribution in [1.29, 1.82) is 0 Å². The molecule has 1 atom stereocenters. The Kier molecular flexibility index (Phi) is 10.9. The maximum atomic E-state index is 12.7. The fourth-order valence-corrected chi connectivity index (χ4v) is 4.60. The van der Waals surface area contributed by atoms with Gasteiger partial charge in [-0.05, 0) is 66.9 Å². The van der Waals surface area contributed by atoms with E-state index in [0.29, 0.717) is 44.8 Å². The number of nitrogens with zero attached hydrogens (tertiary/aromatic N) is 1. The maximum Gasteiger partial charge on any atom is 0.338 e. The summed E-state index contributed by atoms with van der Waals surface area (Å²) in [5.41, 5.74) is 4.56. The number of allylic oxidation sites excluding steroid dienone is 1. The standard InChI is InChI=1S/C27H27IN4O6S/c1-5-11-37-25-17(12-18(28)13-21(25)35-4)14-29-32-22(33)15-38-20-10-8-7-9-19(20)24-23(26(34)36-6-2)16(3)30-27(39)31-24/h1,7-10,12-14,24H,6,11,15H2,2-4H3,(H,32,33)(H2,30,31,39)/t24-/m0/s1. The predicted octanol–water partition coefficient (Wildman–Crippen LogP) is 3.20. The molecular weight excluding hydrogens is 635 g/mol. The second-order valence-electron chi connectivity index (χ2n) is 7.93. The second kappa shape index (κ2) is 14.4. The van der Waals surface area contributed by atoms with Crippen LogP contribution >= 0.6 is 34.8 Å². The number of carbonyl (C=O) groups excluding carboxylic acids is 2. The summed E-state index contributed by atoms with van der Waals surface area (Å²) >= 11 is 7.43. The van der Waals surface area contributed by atoms with Crippen molar-refractivity contribution in [3.63, 3.8) is 0 Å². The third-order valence-corrected chi connectivity index (χ3v) is 6.16. The lowest BCUT2D eigenvalue weighted by Gasteiger charge is -2.30. The van der Waals surface area contributed by atoms with Crippen LogP contribution in [0.25, 0.3) is 0 Å². The van der Waals surface area contributed by atoms with E-state index in [1.165, 1.54) is 13.3 Å². The van der Waals surface area contributed by atoms with Gasteiger partial charge in [0.15, 0.2) is 23.2 Å². The van der Waals surface area contributed by atoms with Crippen LogP contribution < -0.4 is 30.3 Å². The van der Waals surface area contributed by atoms with E-state index in [0.717, 1.165) is 3.57 Å². The van der Waals surface area contributed by atoms with Gasteiger partial charge in [0.1, 0.15) is 12.4 Å². The van der Waals surface area contributed by atoms with E-state index in [1.54, 1.807) is 44.2 Å². The SMILES string of the molecule is C#CCOc1c(C=NNC(=O)COc2ccccc2[C@@H]2NC(=S)NC(C)=C2C(=O)OCC)cc(I)cc1OC. The summed E-state index contributed by atoms with van der Waals surface area (Å²) in [6, 6.07) is 10.0.